The van der Waals surface area contributed by atoms with Crippen LogP contribution in [0.1, 0.15) is 25.7 Å². The summed E-state index contributed by atoms with van der Waals surface area (Å²) in [5, 5.41) is 0. The fourth-order valence-corrected chi connectivity index (χ4v) is 7.26. The summed E-state index contributed by atoms with van der Waals surface area (Å²) in [6.45, 7) is -0.136. The molecule has 3 aromatic carbocycles. The third kappa shape index (κ3) is 4.51. The lowest BCUT2D eigenvalue weighted by Crippen LogP contribution is -2.40. The van der Waals surface area contributed by atoms with E-state index < -0.39 is 11.6 Å². The van der Waals surface area contributed by atoms with Crippen LogP contribution in [0.25, 0.3) is 0 Å². The highest BCUT2D eigenvalue weighted by atomic mass is 32.2. The summed E-state index contributed by atoms with van der Waals surface area (Å²) >= 11 is 0. The second kappa shape index (κ2) is 9.37. The molecule has 2 fully saturated rings. The zero-order chi connectivity index (χ0) is 22.7. The van der Waals surface area contributed by atoms with Crippen molar-refractivity contribution in [2.45, 2.75) is 46.0 Å². The number of fused-ring (bicyclic) bond motifs is 2. The zero-order valence-corrected chi connectivity index (χ0v) is 19.3. The molecule has 3 nitrogen and oxygen atoms in total. The molecule has 0 amide bonds. The monoisotopic (exact) mass is 455 g/mol. The Kier molecular flexibility index (Phi) is 6.15. The molecule has 0 N–H and O–H groups in total. The lowest BCUT2D eigenvalue weighted by Gasteiger charge is -2.32. The van der Waals surface area contributed by atoms with Crippen LogP contribution in [-0.2, 0) is 20.4 Å². The second-order valence-electron chi connectivity index (χ2n) is 8.78. The summed E-state index contributed by atoms with van der Waals surface area (Å²) in [5.74, 6) is 3.93. The summed E-state index contributed by atoms with van der Waals surface area (Å²) in [5.41, 5.74) is -0.729. The number of esters is 1. The van der Waals surface area contributed by atoms with Gasteiger partial charge in [0.2, 0.25) is 0 Å². The van der Waals surface area contributed by atoms with Gasteiger partial charge in [-0.15, -0.1) is 6.42 Å². The molecule has 166 valence electrons. The Morgan fingerprint density at radius 3 is 2.03 bits per heavy atom. The first kappa shape index (κ1) is 21.7. The molecule has 0 radical (unpaired) electrons. The topological polar surface area (TPSA) is 35.5 Å². The maximum absolute atomic E-state index is 12.5. The maximum atomic E-state index is 12.5. The van der Waals surface area contributed by atoms with E-state index in [9.17, 15) is 4.79 Å². The van der Waals surface area contributed by atoms with Gasteiger partial charge in [0.05, 0.1) is 10.9 Å². The van der Waals surface area contributed by atoms with Gasteiger partial charge in [-0.2, -0.15) is 0 Å². The van der Waals surface area contributed by atoms with Crippen molar-refractivity contribution in [2.24, 2.45) is 11.8 Å². The molecule has 0 heterocycles. The van der Waals surface area contributed by atoms with Gasteiger partial charge in [-0.05, 0) is 73.7 Å². The Bertz CT molecular complexity index is 1100. The quantitative estimate of drug-likeness (QED) is 0.253. The molecule has 4 heteroatoms. The number of rotatable bonds is 7. The highest BCUT2D eigenvalue weighted by Crippen LogP contribution is 2.52. The van der Waals surface area contributed by atoms with Crippen molar-refractivity contribution in [3.05, 3.63) is 84.9 Å². The van der Waals surface area contributed by atoms with Crippen LogP contribution in [0.2, 0.25) is 0 Å². The van der Waals surface area contributed by atoms with Gasteiger partial charge < -0.3 is 9.47 Å². The molecule has 3 aromatic rings. The summed E-state index contributed by atoms with van der Waals surface area (Å²) in [7, 11) is -0.216. The SMILES string of the molecule is C#CC1(OC(=O)COc2ccc([S+](c3ccccc3)c3ccccc3)cc2)CC2CCC1C2. The Hall–Kier alpha value is -3.16. The molecule has 2 bridgehead atoms. The van der Waals surface area contributed by atoms with E-state index in [1.165, 1.54) is 21.1 Å². The van der Waals surface area contributed by atoms with Crippen LogP contribution in [0.15, 0.2) is 99.6 Å². The first-order valence-electron chi connectivity index (χ1n) is 11.4. The van der Waals surface area contributed by atoms with Crippen molar-refractivity contribution >= 4 is 16.9 Å². The largest absolute Gasteiger partial charge is 0.482 e. The highest BCUT2D eigenvalue weighted by Gasteiger charge is 2.53. The van der Waals surface area contributed by atoms with Gasteiger partial charge in [-0.25, -0.2) is 4.79 Å². The van der Waals surface area contributed by atoms with Crippen LogP contribution in [0, 0.1) is 24.2 Å². The minimum atomic E-state index is -0.729. The predicted octanol–water partition coefficient (Wildman–Crippen LogP) is 5.90. The number of benzene rings is 3. The molecule has 2 aliphatic carbocycles. The molecule has 3 atom stereocenters. The van der Waals surface area contributed by atoms with Crippen LogP contribution in [0.5, 0.6) is 5.75 Å². The maximum Gasteiger partial charge on any atom is 0.345 e. The van der Waals surface area contributed by atoms with E-state index in [0.29, 0.717) is 17.6 Å². The first-order chi connectivity index (χ1) is 16.2. The number of carbonyl (C=O) groups excluding carboxylic acids is 1. The minimum Gasteiger partial charge on any atom is -0.482 e. The van der Waals surface area contributed by atoms with E-state index in [-0.39, 0.29) is 17.5 Å². The number of carbonyl (C=O) groups is 1. The molecule has 33 heavy (non-hydrogen) atoms. The van der Waals surface area contributed by atoms with Crippen LogP contribution in [-0.4, -0.2) is 18.2 Å². The van der Waals surface area contributed by atoms with E-state index in [1.54, 1.807) is 0 Å². The van der Waals surface area contributed by atoms with Crippen LogP contribution < -0.4 is 4.74 Å². The van der Waals surface area contributed by atoms with Crippen molar-refractivity contribution in [2.75, 3.05) is 6.61 Å². The molecule has 0 spiro atoms. The van der Waals surface area contributed by atoms with Crippen molar-refractivity contribution in [1.29, 1.82) is 0 Å². The Balaban J connectivity index is 1.26. The average molecular weight is 456 g/mol. The molecule has 2 saturated carbocycles. The number of hydrogen-bond acceptors (Lipinski definition) is 3. The summed E-state index contributed by atoms with van der Waals surface area (Å²) in [6, 6.07) is 29.0. The van der Waals surface area contributed by atoms with Gasteiger partial charge in [0.1, 0.15) is 5.75 Å². The fraction of sp³-hybridized carbons (Fsp3) is 0.276. The zero-order valence-electron chi connectivity index (χ0n) is 18.5. The fourth-order valence-electron chi connectivity index (χ4n) is 5.18. The first-order valence-corrected chi connectivity index (χ1v) is 12.7. The second-order valence-corrected chi connectivity index (χ2v) is 10.8. The minimum absolute atomic E-state index is 0.136. The third-order valence-corrected chi connectivity index (χ3v) is 8.94. The summed E-state index contributed by atoms with van der Waals surface area (Å²) in [6.07, 6.45) is 9.89. The lowest BCUT2D eigenvalue weighted by molar-refractivity contribution is -0.160. The van der Waals surface area contributed by atoms with Crippen molar-refractivity contribution in [1.82, 2.24) is 0 Å². The number of hydrogen-bond donors (Lipinski definition) is 0. The van der Waals surface area contributed by atoms with Gasteiger partial charge >= 0.3 is 5.97 Å². The standard InChI is InChI=1S/C29H27O3S/c1-2-29(20-22-13-14-23(29)19-22)32-28(30)21-31-24-15-17-27(18-16-24)33(25-9-5-3-6-10-25)26-11-7-4-8-12-26/h1,3-12,15-18,22-23H,13-14,19-21H2/q+1. The highest BCUT2D eigenvalue weighted by molar-refractivity contribution is 7.97. The van der Waals surface area contributed by atoms with E-state index in [2.05, 4.69) is 66.6 Å². The number of ether oxygens (including phenoxy) is 2. The van der Waals surface area contributed by atoms with Crippen molar-refractivity contribution in [3.8, 4) is 18.1 Å². The Morgan fingerprint density at radius 2 is 1.52 bits per heavy atom. The molecule has 3 unspecified atom stereocenters. The van der Waals surface area contributed by atoms with Crippen molar-refractivity contribution < 1.29 is 14.3 Å². The lowest BCUT2D eigenvalue weighted by atomic mass is 9.84. The third-order valence-electron chi connectivity index (χ3n) is 6.71. The van der Waals surface area contributed by atoms with Crippen LogP contribution in [0.3, 0.4) is 0 Å². The van der Waals surface area contributed by atoms with E-state index >= 15 is 0 Å². The summed E-state index contributed by atoms with van der Waals surface area (Å²) < 4.78 is 11.5. The molecule has 0 aliphatic heterocycles. The Labute approximate surface area is 198 Å². The average Bonchev–Trinajstić information content (AvgIpc) is 3.47. The van der Waals surface area contributed by atoms with Gasteiger partial charge in [-0.1, -0.05) is 42.3 Å². The van der Waals surface area contributed by atoms with Crippen LogP contribution in [0.4, 0.5) is 0 Å². The smallest absolute Gasteiger partial charge is 0.345 e. The molecular formula is C29H27O3S+. The van der Waals surface area contributed by atoms with Crippen LogP contribution >= 0.6 is 0 Å². The van der Waals surface area contributed by atoms with E-state index in [1.807, 2.05) is 24.3 Å². The van der Waals surface area contributed by atoms with Gasteiger partial charge in [0.15, 0.2) is 26.9 Å². The molecule has 5 rings (SSSR count). The Morgan fingerprint density at radius 1 is 0.909 bits per heavy atom. The molecular weight excluding hydrogens is 428 g/mol. The normalized spacial score (nSPS) is 23.3. The van der Waals surface area contributed by atoms with E-state index in [4.69, 9.17) is 15.9 Å². The molecule has 2 aliphatic rings. The van der Waals surface area contributed by atoms with E-state index in [0.717, 1.165) is 19.3 Å². The van der Waals surface area contributed by atoms with Gasteiger partial charge in [0.25, 0.3) is 0 Å². The van der Waals surface area contributed by atoms with Crippen molar-refractivity contribution in [3.63, 3.8) is 0 Å². The molecule has 0 aromatic heterocycles. The summed E-state index contributed by atoms with van der Waals surface area (Å²) in [4.78, 5) is 16.2. The molecule has 0 saturated heterocycles. The van der Waals surface area contributed by atoms with Gasteiger partial charge in [0, 0.05) is 12.3 Å². The number of terminal acetylenes is 1. The van der Waals surface area contributed by atoms with Gasteiger partial charge in [-0.3, -0.25) is 0 Å². The predicted molar refractivity (Wildman–Crippen MR) is 130 cm³/mol.